The average Bonchev–Trinajstić information content (AvgIpc) is 2.55. The molecule has 0 saturated heterocycles. The number of ether oxygens (including phenoxy) is 2. The Morgan fingerprint density at radius 2 is 1.30 bits per heavy atom. The Hall–Kier alpha value is -2.12. The van der Waals surface area contributed by atoms with Crippen molar-refractivity contribution < 1.29 is 28.7 Å². The van der Waals surface area contributed by atoms with Crippen molar-refractivity contribution in [2.24, 2.45) is 0 Å². The van der Waals surface area contributed by atoms with Crippen LogP contribution in [0.3, 0.4) is 0 Å². The van der Waals surface area contributed by atoms with Gasteiger partial charge in [-0.15, -0.1) is 5.43 Å². The fourth-order valence-corrected chi connectivity index (χ4v) is 1.80. The first-order chi connectivity index (χ1) is 11.2. The maximum atomic E-state index is 11.4. The second-order valence-corrected chi connectivity index (χ2v) is 4.95. The van der Waals surface area contributed by atoms with Crippen LogP contribution in [0.25, 0.3) is 0 Å². The molecule has 0 aliphatic heterocycles. The highest BCUT2D eigenvalue weighted by molar-refractivity contribution is 5.81. The van der Waals surface area contributed by atoms with Gasteiger partial charge in [0.25, 0.3) is 18.9 Å². The van der Waals surface area contributed by atoms with Crippen LogP contribution in [0.1, 0.15) is 57.8 Å². The van der Waals surface area contributed by atoms with Crippen molar-refractivity contribution in [3.63, 3.8) is 0 Å². The summed E-state index contributed by atoms with van der Waals surface area (Å²) in [5, 5.41) is 0. The zero-order valence-electron chi connectivity index (χ0n) is 13.3. The molecule has 1 N–H and O–H groups in total. The first-order valence-corrected chi connectivity index (χ1v) is 7.83. The summed E-state index contributed by atoms with van der Waals surface area (Å²) in [4.78, 5) is 42.7. The van der Waals surface area contributed by atoms with Gasteiger partial charge in [-0.05, 0) is 32.1 Å². The third-order valence-corrected chi connectivity index (χ3v) is 3.01. The first-order valence-electron chi connectivity index (χ1n) is 7.83. The number of unbranched alkanes of at least 4 members (excludes halogenated alkanes) is 5. The molecule has 2 amide bonds. The molecule has 0 unspecified atom stereocenters. The van der Waals surface area contributed by atoms with Crippen LogP contribution in [0.4, 0.5) is 0 Å². The minimum absolute atomic E-state index is 0.286. The van der Waals surface area contributed by atoms with Crippen molar-refractivity contribution in [3.05, 3.63) is 0 Å². The third kappa shape index (κ3) is 16.1. The van der Waals surface area contributed by atoms with Crippen molar-refractivity contribution >= 4 is 24.8 Å². The number of rotatable bonds is 15. The molecular formula is C15H25N2O6. The van der Waals surface area contributed by atoms with Crippen LogP contribution in [0.15, 0.2) is 0 Å². The largest absolute Gasteiger partial charge is 0.468 e. The fraction of sp³-hybridized carbons (Fsp3) is 0.733. The van der Waals surface area contributed by atoms with Crippen molar-refractivity contribution in [2.45, 2.75) is 57.8 Å². The Morgan fingerprint density at radius 3 is 1.91 bits per heavy atom. The normalized spacial score (nSPS) is 9.74. The number of carbonyl (C=O) groups is 4. The topological polar surface area (TPSA) is 113 Å². The van der Waals surface area contributed by atoms with E-state index in [1.807, 2.05) is 0 Å². The van der Waals surface area contributed by atoms with E-state index in [1.165, 1.54) is 0 Å². The maximum absolute atomic E-state index is 11.4. The smallest absolute Gasteiger partial charge is 0.293 e. The van der Waals surface area contributed by atoms with Gasteiger partial charge < -0.3 is 9.47 Å². The molecule has 0 aromatic rings. The molecule has 0 fully saturated rings. The zero-order chi connectivity index (χ0) is 17.2. The van der Waals surface area contributed by atoms with E-state index in [1.54, 1.807) is 0 Å². The number of nitrogens with one attached hydrogen (secondary N) is 1. The summed E-state index contributed by atoms with van der Waals surface area (Å²) in [6.07, 6.45) is 5.90. The Kier molecular flexibility index (Phi) is 14.8. The van der Waals surface area contributed by atoms with E-state index in [2.05, 4.69) is 20.3 Å². The lowest BCUT2D eigenvalue weighted by atomic mass is 10.1. The molecule has 0 bridgehead atoms. The first kappa shape index (κ1) is 20.9. The number of carbonyl (C=O) groups excluding carboxylic acids is 4. The van der Waals surface area contributed by atoms with Crippen LogP contribution in [0.2, 0.25) is 0 Å². The molecule has 0 spiro atoms. The second kappa shape index (κ2) is 16.3. The van der Waals surface area contributed by atoms with Gasteiger partial charge in [0.15, 0.2) is 0 Å². The molecule has 0 heterocycles. The van der Waals surface area contributed by atoms with Crippen LogP contribution in [0, 0.1) is 0 Å². The molecule has 8 heteroatoms. The standard InChI is InChI=1S/C15H25N2O6/c18-12-22-10-6-2-1-4-8-14(20)16-17-15(21)9-5-3-7-11-23-13-19/h12-13H,1-11H2,(H,17,21). The van der Waals surface area contributed by atoms with Crippen LogP contribution in [0.5, 0.6) is 0 Å². The summed E-state index contributed by atoms with van der Waals surface area (Å²) in [5.41, 5.74) is 5.76. The average molecular weight is 329 g/mol. The molecule has 8 nitrogen and oxygen atoms in total. The van der Waals surface area contributed by atoms with Gasteiger partial charge in [0.05, 0.1) is 13.2 Å². The van der Waals surface area contributed by atoms with Gasteiger partial charge in [-0.2, -0.15) is 0 Å². The minimum Gasteiger partial charge on any atom is -0.468 e. The van der Waals surface area contributed by atoms with Gasteiger partial charge >= 0.3 is 0 Å². The summed E-state index contributed by atoms with van der Waals surface area (Å²) >= 11 is 0. The SMILES string of the molecule is O=COCCCCCCC(=O)[N]NC(=O)CCCCCOC=O. The number of hydrogen-bond donors (Lipinski definition) is 1. The Labute approximate surface area is 136 Å². The van der Waals surface area contributed by atoms with Crippen molar-refractivity contribution in [1.29, 1.82) is 0 Å². The molecule has 0 saturated carbocycles. The third-order valence-electron chi connectivity index (χ3n) is 3.01. The number of nitrogens with zero attached hydrogens (tertiary/aromatic N) is 1. The Morgan fingerprint density at radius 1 is 0.783 bits per heavy atom. The van der Waals surface area contributed by atoms with E-state index in [4.69, 9.17) is 0 Å². The van der Waals surface area contributed by atoms with E-state index in [-0.39, 0.29) is 24.7 Å². The lowest BCUT2D eigenvalue weighted by molar-refractivity contribution is -0.129. The highest BCUT2D eigenvalue weighted by Crippen LogP contribution is 2.03. The fourth-order valence-electron chi connectivity index (χ4n) is 1.80. The van der Waals surface area contributed by atoms with E-state index in [0.29, 0.717) is 45.4 Å². The highest BCUT2D eigenvalue weighted by atomic mass is 16.5. The Bertz CT molecular complexity index is 349. The van der Waals surface area contributed by atoms with Gasteiger partial charge in [0.1, 0.15) is 0 Å². The summed E-state index contributed by atoms with van der Waals surface area (Å²) < 4.78 is 9.08. The molecule has 1 radical (unpaired) electrons. The molecule has 0 rings (SSSR count). The van der Waals surface area contributed by atoms with Crippen molar-refractivity contribution in [1.82, 2.24) is 10.9 Å². The lowest BCUT2D eigenvalue weighted by Crippen LogP contribution is -2.35. The molecule has 0 aromatic heterocycles. The Balaban J connectivity index is 3.38. The van der Waals surface area contributed by atoms with Gasteiger partial charge in [0, 0.05) is 12.8 Å². The van der Waals surface area contributed by atoms with Crippen molar-refractivity contribution in [3.8, 4) is 0 Å². The van der Waals surface area contributed by atoms with E-state index in [9.17, 15) is 19.2 Å². The van der Waals surface area contributed by atoms with Crippen LogP contribution < -0.4 is 10.9 Å². The lowest BCUT2D eigenvalue weighted by Gasteiger charge is -2.04. The summed E-state index contributed by atoms with van der Waals surface area (Å²) in [5.74, 6) is -0.637. The number of hydrogen-bond acceptors (Lipinski definition) is 6. The highest BCUT2D eigenvalue weighted by Gasteiger charge is 2.06. The van der Waals surface area contributed by atoms with Gasteiger partial charge in [0.2, 0.25) is 5.91 Å². The van der Waals surface area contributed by atoms with Gasteiger partial charge in [-0.1, -0.05) is 12.8 Å². The summed E-state index contributed by atoms with van der Waals surface area (Å²) in [6, 6.07) is 0. The molecule has 0 atom stereocenters. The monoisotopic (exact) mass is 329 g/mol. The van der Waals surface area contributed by atoms with E-state index < -0.39 is 0 Å². The molecule has 23 heavy (non-hydrogen) atoms. The second-order valence-electron chi connectivity index (χ2n) is 4.95. The predicted octanol–water partition coefficient (Wildman–Crippen LogP) is 1.01. The van der Waals surface area contributed by atoms with Crippen LogP contribution in [-0.4, -0.2) is 38.0 Å². The molecular weight excluding hydrogens is 304 g/mol. The summed E-state index contributed by atoms with van der Waals surface area (Å²) in [6.45, 7) is 1.58. The van der Waals surface area contributed by atoms with Gasteiger partial charge in [-0.3, -0.25) is 19.2 Å². The quantitative estimate of drug-likeness (QED) is 0.272. The van der Waals surface area contributed by atoms with Gasteiger partial charge in [-0.25, -0.2) is 5.43 Å². The van der Waals surface area contributed by atoms with Crippen LogP contribution >= 0.6 is 0 Å². The molecule has 0 aromatic carbocycles. The van der Waals surface area contributed by atoms with E-state index in [0.717, 1.165) is 25.7 Å². The zero-order valence-corrected chi connectivity index (χ0v) is 13.3. The summed E-state index contributed by atoms with van der Waals surface area (Å²) in [7, 11) is 0. The maximum Gasteiger partial charge on any atom is 0.293 e. The molecule has 0 aliphatic rings. The van der Waals surface area contributed by atoms with E-state index >= 15 is 0 Å². The van der Waals surface area contributed by atoms with Crippen LogP contribution in [-0.2, 0) is 28.7 Å². The van der Waals surface area contributed by atoms with Crippen molar-refractivity contribution in [2.75, 3.05) is 13.2 Å². The number of amides is 2. The molecule has 131 valence electrons. The predicted molar refractivity (Wildman–Crippen MR) is 80.9 cm³/mol. The molecule has 0 aliphatic carbocycles. The minimum atomic E-state index is -0.345.